The molecule has 20 heavy (non-hydrogen) atoms. The van der Waals surface area contributed by atoms with Crippen LogP contribution in [0.15, 0.2) is 36.8 Å². The lowest BCUT2D eigenvalue weighted by atomic mass is 10.2. The molecule has 2 rings (SSSR count). The van der Waals surface area contributed by atoms with Crippen molar-refractivity contribution in [2.24, 2.45) is 0 Å². The van der Waals surface area contributed by atoms with Gasteiger partial charge in [-0.3, -0.25) is 9.78 Å². The summed E-state index contributed by atoms with van der Waals surface area (Å²) < 4.78 is 12.8. The van der Waals surface area contributed by atoms with Gasteiger partial charge >= 0.3 is 0 Å². The summed E-state index contributed by atoms with van der Waals surface area (Å²) in [5.41, 5.74) is 1.13. The van der Waals surface area contributed by atoms with Crippen LogP contribution in [0.1, 0.15) is 23.7 Å². The molecular formula is C14H15FN4O. The van der Waals surface area contributed by atoms with Crippen molar-refractivity contribution in [2.45, 2.75) is 13.3 Å². The van der Waals surface area contributed by atoms with E-state index < -0.39 is 5.82 Å². The van der Waals surface area contributed by atoms with E-state index in [1.165, 1.54) is 18.3 Å². The topological polar surface area (TPSA) is 66.9 Å². The first-order valence-electron chi connectivity index (χ1n) is 6.31. The molecule has 0 spiro atoms. The molecule has 1 amide bonds. The number of amides is 1. The van der Waals surface area contributed by atoms with Crippen LogP contribution in [0, 0.1) is 5.82 Å². The molecule has 0 aliphatic rings. The number of anilines is 2. The SMILES string of the molecule is CCCNc1ccncc1C(=O)Nc1ccc(F)cn1. The quantitative estimate of drug-likeness (QED) is 0.879. The Balaban J connectivity index is 2.14. The van der Waals surface area contributed by atoms with Crippen molar-refractivity contribution in [3.8, 4) is 0 Å². The van der Waals surface area contributed by atoms with E-state index in [2.05, 4.69) is 20.6 Å². The minimum absolute atomic E-state index is 0.293. The van der Waals surface area contributed by atoms with Crippen LogP contribution in [0.4, 0.5) is 15.9 Å². The molecule has 2 N–H and O–H groups in total. The number of pyridine rings is 2. The molecule has 5 nitrogen and oxygen atoms in total. The Hall–Kier alpha value is -2.50. The molecular weight excluding hydrogens is 259 g/mol. The maximum atomic E-state index is 12.8. The van der Waals surface area contributed by atoms with Crippen LogP contribution in [-0.2, 0) is 0 Å². The largest absolute Gasteiger partial charge is 0.384 e. The molecule has 0 saturated carbocycles. The zero-order chi connectivity index (χ0) is 14.4. The minimum Gasteiger partial charge on any atom is -0.384 e. The predicted octanol–water partition coefficient (Wildman–Crippen LogP) is 2.69. The molecule has 0 aliphatic heterocycles. The summed E-state index contributed by atoms with van der Waals surface area (Å²) in [5.74, 6) is -0.493. The molecule has 104 valence electrons. The first-order chi connectivity index (χ1) is 9.70. The third-order valence-corrected chi connectivity index (χ3v) is 2.60. The van der Waals surface area contributed by atoms with Crippen LogP contribution in [0.5, 0.6) is 0 Å². The zero-order valence-electron chi connectivity index (χ0n) is 11.1. The van der Waals surface area contributed by atoms with E-state index in [-0.39, 0.29) is 5.91 Å². The summed E-state index contributed by atoms with van der Waals surface area (Å²) in [5, 5.41) is 5.76. The van der Waals surface area contributed by atoms with Gasteiger partial charge in [0.25, 0.3) is 5.91 Å². The fourth-order valence-electron chi connectivity index (χ4n) is 1.62. The lowest BCUT2D eigenvalue weighted by Gasteiger charge is -2.10. The van der Waals surface area contributed by atoms with E-state index in [9.17, 15) is 9.18 Å². The van der Waals surface area contributed by atoms with E-state index in [0.29, 0.717) is 17.1 Å². The Morgan fingerprint density at radius 3 is 2.85 bits per heavy atom. The van der Waals surface area contributed by atoms with E-state index in [4.69, 9.17) is 0 Å². The third kappa shape index (κ3) is 3.50. The van der Waals surface area contributed by atoms with Crippen LogP contribution in [-0.4, -0.2) is 22.4 Å². The molecule has 0 fully saturated rings. The highest BCUT2D eigenvalue weighted by Gasteiger charge is 2.12. The normalized spacial score (nSPS) is 10.1. The van der Waals surface area contributed by atoms with Gasteiger partial charge in [0.05, 0.1) is 17.4 Å². The Labute approximate surface area is 116 Å². The predicted molar refractivity (Wildman–Crippen MR) is 75.2 cm³/mol. The number of nitrogens with one attached hydrogen (secondary N) is 2. The van der Waals surface area contributed by atoms with Crippen LogP contribution in [0.25, 0.3) is 0 Å². The highest BCUT2D eigenvalue weighted by atomic mass is 19.1. The molecule has 0 aliphatic carbocycles. The number of hydrogen-bond donors (Lipinski definition) is 2. The van der Waals surface area contributed by atoms with E-state index in [1.807, 2.05) is 6.92 Å². The Bertz CT molecular complexity index is 586. The summed E-state index contributed by atoms with van der Waals surface area (Å²) in [4.78, 5) is 19.9. The highest BCUT2D eigenvalue weighted by Crippen LogP contribution is 2.15. The maximum absolute atomic E-state index is 12.8. The fourth-order valence-corrected chi connectivity index (χ4v) is 1.62. The fraction of sp³-hybridized carbons (Fsp3) is 0.214. The molecule has 0 atom stereocenters. The number of halogens is 1. The molecule has 0 unspecified atom stereocenters. The summed E-state index contributed by atoms with van der Waals surface area (Å²) in [6.45, 7) is 2.80. The number of rotatable bonds is 5. The second kappa shape index (κ2) is 6.60. The molecule has 0 saturated heterocycles. The molecule has 0 bridgehead atoms. The van der Waals surface area contributed by atoms with Gasteiger partial charge < -0.3 is 10.6 Å². The van der Waals surface area contributed by atoms with E-state index >= 15 is 0 Å². The van der Waals surface area contributed by atoms with Crippen molar-refractivity contribution in [3.63, 3.8) is 0 Å². The van der Waals surface area contributed by atoms with Crippen LogP contribution in [0.2, 0.25) is 0 Å². The van der Waals surface area contributed by atoms with Crippen LogP contribution in [0.3, 0.4) is 0 Å². The summed E-state index contributed by atoms with van der Waals surface area (Å²) in [6, 6.07) is 4.38. The average Bonchev–Trinajstić information content (AvgIpc) is 2.47. The van der Waals surface area contributed by atoms with Gasteiger partial charge in [-0.15, -0.1) is 0 Å². The van der Waals surface area contributed by atoms with Crippen LogP contribution >= 0.6 is 0 Å². The monoisotopic (exact) mass is 274 g/mol. The van der Waals surface area contributed by atoms with Gasteiger partial charge in [-0.25, -0.2) is 9.37 Å². The second-order valence-corrected chi connectivity index (χ2v) is 4.16. The van der Waals surface area contributed by atoms with Gasteiger partial charge in [-0.2, -0.15) is 0 Å². The van der Waals surface area contributed by atoms with Gasteiger partial charge in [0, 0.05) is 18.9 Å². The molecule has 2 heterocycles. The van der Waals surface area contributed by atoms with Gasteiger partial charge in [-0.1, -0.05) is 6.92 Å². The summed E-state index contributed by atoms with van der Waals surface area (Å²) >= 11 is 0. The first kappa shape index (κ1) is 13.9. The van der Waals surface area contributed by atoms with Gasteiger partial charge in [0.2, 0.25) is 0 Å². The summed E-state index contributed by atoms with van der Waals surface area (Å²) in [7, 11) is 0. The number of carbonyl (C=O) groups excluding carboxylic acids is 1. The van der Waals surface area contributed by atoms with Crippen molar-refractivity contribution in [1.82, 2.24) is 9.97 Å². The third-order valence-electron chi connectivity index (χ3n) is 2.60. The van der Waals surface area contributed by atoms with Gasteiger partial charge in [0.1, 0.15) is 11.6 Å². The van der Waals surface area contributed by atoms with Crippen molar-refractivity contribution < 1.29 is 9.18 Å². The standard InChI is InChI=1S/C14H15FN4O/c1-2-6-17-12-5-7-16-9-11(12)14(20)19-13-4-3-10(15)8-18-13/h3-5,7-9H,2,6H2,1H3,(H,16,17)(H,18,19,20). The van der Waals surface area contributed by atoms with Gasteiger partial charge in [0.15, 0.2) is 0 Å². The average molecular weight is 274 g/mol. The van der Waals surface area contributed by atoms with E-state index in [1.54, 1.807) is 12.3 Å². The smallest absolute Gasteiger partial charge is 0.260 e. The molecule has 0 aromatic carbocycles. The highest BCUT2D eigenvalue weighted by molar-refractivity contribution is 6.07. The zero-order valence-corrected chi connectivity index (χ0v) is 11.1. The Kier molecular flexibility index (Phi) is 4.60. The second-order valence-electron chi connectivity index (χ2n) is 4.16. The van der Waals surface area contributed by atoms with Crippen molar-refractivity contribution in [1.29, 1.82) is 0 Å². The Morgan fingerprint density at radius 1 is 1.30 bits per heavy atom. The molecule has 2 aromatic rings. The molecule has 2 aromatic heterocycles. The summed E-state index contributed by atoms with van der Waals surface area (Å²) in [6.07, 6.45) is 5.10. The van der Waals surface area contributed by atoms with Crippen molar-refractivity contribution in [3.05, 3.63) is 48.2 Å². The molecule has 6 heteroatoms. The van der Waals surface area contributed by atoms with E-state index in [0.717, 1.165) is 19.2 Å². The Morgan fingerprint density at radius 2 is 2.15 bits per heavy atom. The lowest BCUT2D eigenvalue weighted by Crippen LogP contribution is -2.16. The van der Waals surface area contributed by atoms with Crippen molar-refractivity contribution >= 4 is 17.4 Å². The van der Waals surface area contributed by atoms with Crippen molar-refractivity contribution in [2.75, 3.05) is 17.2 Å². The number of hydrogen-bond acceptors (Lipinski definition) is 4. The van der Waals surface area contributed by atoms with Crippen LogP contribution < -0.4 is 10.6 Å². The van der Waals surface area contributed by atoms with Gasteiger partial charge in [-0.05, 0) is 24.6 Å². The molecule has 0 radical (unpaired) electrons. The lowest BCUT2D eigenvalue weighted by molar-refractivity contribution is 0.102. The minimum atomic E-state index is -0.449. The maximum Gasteiger partial charge on any atom is 0.260 e. The first-order valence-corrected chi connectivity index (χ1v) is 6.31. The number of aromatic nitrogens is 2. The number of carbonyl (C=O) groups is 1. The number of nitrogens with zero attached hydrogens (tertiary/aromatic N) is 2.